The fourth-order valence-corrected chi connectivity index (χ4v) is 3.90. The Hall–Kier alpha value is -2.67. The summed E-state index contributed by atoms with van der Waals surface area (Å²) in [6, 6.07) is 11.6. The van der Waals surface area contributed by atoms with Gasteiger partial charge in [-0.3, -0.25) is 4.79 Å². The average Bonchev–Trinajstić information content (AvgIpc) is 3.39. The zero-order valence-electron chi connectivity index (χ0n) is 15.1. The van der Waals surface area contributed by atoms with Crippen molar-refractivity contribution in [3.05, 3.63) is 53.2 Å². The summed E-state index contributed by atoms with van der Waals surface area (Å²) in [4.78, 5) is 15.4. The molecule has 1 aliphatic heterocycles. The summed E-state index contributed by atoms with van der Waals surface area (Å²) in [5.41, 5.74) is 1.02. The number of hydrogen-bond donors (Lipinski definition) is 0. The highest BCUT2D eigenvalue weighted by Gasteiger charge is 2.28. The van der Waals surface area contributed by atoms with Crippen LogP contribution < -0.4 is 4.74 Å². The molecule has 0 radical (unpaired) electrons. The summed E-state index contributed by atoms with van der Waals surface area (Å²) in [5.74, 6) is 1.96. The van der Waals surface area contributed by atoms with Crippen molar-refractivity contribution in [1.29, 1.82) is 0 Å². The summed E-state index contributed by atoms with van der Waals surface area (Å²) in [6.45, 7) is 3.33. The van der Waals surface area contributed by atoms with Crippen LogP contribution >= 0.6 is 11.3 Å². The van der Waals surface area contributed by atoms with Crippen molar-refractivity contribution in [3.63, 3.8) is 0 Å². The van der Waals surface area contributed by atoms with Gasteiger partial charge >= 0.3 is 0 Å². The Morgan fingerprint density at radius 1 is 1.30 bits per heavy atom. The molecule has 4 rings (SSSR count). The van der Waals surface area contributed by atoms with E-state index in [-0.39, 0.29) is 18.4 Å². The third-order valence-corrected chi connectivity index (χ3v) is 5.60. The molecule has 7 heteroatoms. The highest BCUT2D eigenvalue weighted by atomic mass is 32.1. The van der Waals surface area contributed by atoms with Crippen LogP contribution in [0.3, 0.4) is 0 Å². The predicted octanol–water partition coefficient (Wildman–Crippen LogP) is 3.89. The van der Waals surface area contributed by atoms with E-state index in [1.807, 2.05) is 53.6 Å². The van der Waals surface area contributed by atoms with Gasteiger partial charge in [0.2, 0.25) is 5.89 Å². The van der Waals surface area contributed by atoms with E-state index >= 15 is 0 Å². The standard InChI is InChI=1S/C20H21N3O3S/c1-14-6-2-3-8-16(14)25-13-18(24)23-10-4-7-15(12-23)19-21-22-20(26-19)17-9-5-11-27-17/h2-3,5-6,8-9,11,15H,4,7,10,12-13H2,1H3. The number of likely N-dealkylation sites (tertiary alicyclic amines) is 1. The first kappa shape index (κ1) is 17.7. The van der Waals surface area contributed by atoms with Crippen LogP contribution in [-0.4, -0.2) is 40.7 Å². The molecular formula is C20H21N3O3S. The van der Waals surface area contributed by atoms with Gasteiger partial charge in [-0.2, -0.15) is 0 Å². The molecule has 3 aromatic rings. The second-order valence-electron chi connectivity index (χ2n) is 6.66. The van der Waals surface area contributed by atoms with Crippen LogP contribution in [0.2, 0.25) is 0 Å². The van der Waals surface area contributed by atoms with E-state index in [9.17, 15) is 4.79 Å². The molecule has 0 saturated carbocycles. The molecule has 0 N–H and O–H groups in total. The first-order valence-corrected chi connectivity index (χ1v) is 9.92. The number of carbonyl (C=O) groups excluding carboxylic acids is 1. The fourth-order valence-electron chi connectivity index (χ4n) is 3.25. The smallest absolute Gasteiger partial charge is 0.260 e. The van der Waals surface area contributed by atoms with E-state index in [4.69, 9.17) is 9.15 Å². The molecule has 1 unspecified atom stereocenters. The van der Waals surface area contributed by atoms with Crippen LogP contribution in [0, 0.1) is 6.92 Å². The molecule has 0 bridgehead atoms. The van der Waals surface area contributed by atoms with Crippen molar-refractivity contribution < 1.29 is 13.9 Å². The maximum atomic E-state index is 12.6. The number of aryl methyl sites for hydroxylation is 1. The summed E-state index contributed by atoms with van der Waals surface area (Å²) in [7, 11) is 0. The minimum atomic E-state index is -0.0130. The van der Waals surface area contributed by atoms with Crippen LogP contribution in [0.4, 0.5) is 0 Å². The minimum absolute atomic E-state index is 0.0130. The van der Waals surface area contributed by atoms with Crippen LogP contribution in [0.15, 0.2) is 46.2 Å². The average molecular weight is 383 g/mol. The molecule has 1 fully saturated rings. The number of carbonyl (C=O) groups is 1. The Balaban J connectivity index is 1.38. The van der Waals surface area contributed by atoms with Gasteiger partial charge in [-0.05, 0) is 42.8 Å². The number of hydrogen-bond acceptors (Lipinski definition) is 6. The number of rotatable bonds is 5. The number of piperidine rings is 1. The predicted molar refractivity (Wildman–Crippen MR) is 103 cm³/mol. The highest BCUT2D eigenvalue weighted by molar-refractivity contribution is 7.13. The van der Waals surface area contributed by atoms with Crippen molar-refractivity contribution in [2.75, 3.05) is 19.7 Å². The lowest BCUT2D eigenvalue weighted by Crippen LogP contribution is -2.41. The number of aromatic nitrogens is 2. The van der Waals surface area contributed by atoms with E-state index in [2.05, 4.69) is 10.2 Å². The monoisotopic (exact) mass is 383 g/mol. The normalized spacial score (nSPS) is 17.1. The van der Waals surface area contributed by atoms with Crippen molar-refractivity contribution in [3.8, 4) is 16.5 Å². The van der Waals surface area contributed by atoms with Crippen molar-refractivity contribution >= 4 is 17.2 Å². The van der Waals surface area contributed by atoms with E-state index in [1.54, 1.807) is 11.3 Å². The molecule has 1 saturated heterocycles. The molecule has 27 heavy (non-hydrogen) atoms. The van der Waals surface area contributed by atoms with Crippen molar-refractivity contribution in [2.45, 2.75) is 25.7 Å². The van der Waals surface area contributed by atoms with Gasteiger partial charge < -0.3 is 14.1 Å². The molecule has 1 amide bonds. The lowest BCUT2D eigenvalue weighted by atomic mass is 9.98. The summed E-state index contributed by atoms with van der Waals surface area (Å²) < 4.78 is 11.6. The zero-order chi connectivity index (χ0) is 18.6. The number of para-hydroxylation sites is 1. The number of thiophene rings is 1. The molecule has 6 nitrogen and oxygen atoms in total. The first-order chi connectivity index (χ1) is 13.2. The Morgan fingerprint density at radius 2 is 2.19 bits per heavy atom. The third kappa shape index (κ3) is 4.03. The van der Waals surface area contributed by atoms with Gasteiger partial charge in [0.15, 0.2) is 6.61 Å². The number of amides is 1. The lowest BCUT2D eigenvalue weighted by molar-refractivity contribution is -0.134. The van der Waals surface area contributed by atoms with Gasteiger partial charge in [0.05, 0.1) is 10.8 Å². The van der Waals surface area contributed by atoms with E-state index in [0.717, 1.165) is 35.6 Å². The number of benzene rings is 1. The molecular weight excluding hydrogens is 362 g/mol. The topological polar surface area (TPSA) is 68.5 Å². The van der Waals surface area contributed by atoms with Crippen molar-refractivity contribution in [1.82, 2.24) is 15.1 Å². The Morgan fingerprint density at radius 3 is 3.00 bits per heavy atom. The second-order valence-corrected chi connectivity index (χ2v) is 7.60. The molecule has 1 aliphatic rings. The minimum Gasteiger partial charge on any atom is -0.484 e. The SMILES string of the molecule is Cc1ccccc1OCC(=O)N1CCCC(c2nnc(-c3cccs3)o2)C1. The maximum Gasteiger partial charge on any atom is 0.260 e. The Kier molecular flexibility index (Phi) is 5.20. The van der Waals surface area contributed by atoms with Crippen LogP contribution in [0.25, 0.3) is 10.8 Å². The Labute approximate surface area is 161 Å². The number of nitrogens with zero attached hydrogens (tertiary/aromatic N) is 3. The molecule has 1 atom stereocenters. The second kappa shape index (κ2) is 7.92. The molecule has 3 heterocycles. The fraction of sp³-hybridized carbons (Fsp3) is 0.350. The van der Waals surface area contributed by atoms with Gasteiger partial charge in [-0.25, -0.2) is 0 Å². The summed E-state index contributed by atoms with van der Waals surface area (Å²) >= 11 is 1.57. The lowest BCUT2D eigenvalue weighted by Gasteiger charge is -2.31. The van der Waals surface area contributed by atoms with Crippen LogP contribution in [0.1, 0.15) is 30.2 Å². The van der Waals surface area contributed by atoms with Gasteiger partial charge in [0.1, 0.15) is 5.75 Å². The van der Waals surface area contributed by atoms with Gasteiger partial charge in [0.25, 0.3) is 11.8 Å². The largest absolute Gasteiger partial charge is 0.484 e. The van der Waals surface area contributed by atoms with Gasteiger partial charge in [-0.15, -0.1) is 21.5 Å². The molecule has 0 spiro atoms. The van der Waals surface area contributed by atoms with Gasteiger partial charge in [-0.1, -0.05) is 24.3 Å². The van der Waals surface area contributed by atoms with Crippen molar-refractivity contribution in [2.24, 2.45) is 0 Å². The van der Waals surface area contributed by atoms with E-state index in [0.29, 0.717) is 18.3 Å². The molecule has 1 aromatic carbocycles. The maximum absolute atomic E-state index is 12.6. The van der Waals surface area contributed by atoms with Gasteiger partial charge in [0, 0.05) is 13.1 Å². The third-order valence-electron chi connectivity index (χ3n) is 4.74. The summed E-state index contributed by atoms with van der Waals surface area (Å²) in [5, 5.41) is 10.4. The quantitative estimate of drug-likeness (QED) is 0.669. The van der Waals surface area contributed by atoms with E-state index in [1.165, 1.54) is 0 Å². The highest BCUT2D eigenvalue weighted by Crippen LogP contribution is 2.30. The van der Waals surface area contributed by atoms with Crippen LogP contribution in [-0.2, 0) is 4.79 Å². The zero-order valence-corrected chi connectivity index (χ0v) is 15.9. The first-order valence-electron chi connectivity index (χ1n) is 9.04. The number of ether oxygens (including phenoxy) is 1. The summed E-state index contributed by atoms with van der Waals surface area (Å²) in [6.07, 6.45) is 1.85. The van der Waals surface area contributed by atoms with Crippen LogP contribution in [0.5, 0.6) is 5.75 Å². The Bertz CT molecular complexity index is 907. The molecule has 140 valence electrons. The van der Waals surface area contributed by atoms with E-state index < -0.39 is 0 Å². The molecule has 0 aliphatic carbocycles. The molecule has 2 aromatic heterocycles.